The molecule has 1 aromatic rings. The number of rotatable bonds is 8. The fourth-order valence-corrected chi connectivity index (χ4v) is 2.16. The molecule has 0 unspecified atom stereocenters. The first kappa shape index (κ1) is 14.7. The summed E-state index contributed by atoms with van der Waals surface area (Å²) in [6, 6.07) is 4.92. The molecule has 1 aromatic carbocycles. The average Bonchev–Trinajstić information content (AvgIpc) is 2.35. The molecule has 0 bridgehead atoms. The van der Waals surface area contributed by atoms with Gasteiger partial charge in [-0.15, -0.1) is 0 Å². The molecule has 0 aromatic heterocycles. The van der Waals surface area contributed by atoms with Crippen molar-refractivity contribution in [2.75, 3.05) is 29.6 Å². The van der Waals surface area contributed by atoms with E-state index >= 15 is 0 Å². The van der Waals surface area contributed by atoms with Crippen molar-refractivity contribution in [2.24, 2.45) is 0 Å². The zero-order valence-electron chi connectivity index (χ0n) is 10.6. The zero-order valence-corrected chi connectivity index (χ0v) is 11.4. The minimum atomic E-state index is -0.952. The number of anilines is 2. The van der Waals surface area contributed by atoms with Crippen LogP contribution in [0.25, 0.3) is 0 Å². The second-order valence-corrected chi connectivity index (χ2v) is 5.08. The maximum atomic E-state index is 11.0. The smallest absolute Gasteiger partial charge is 0.337 e. The molecule has 0 saturated carbocycles. The molecule has 0 aliphatic carbocycles. The van der Waals surface area contributed by atoms with Gasteiger partial charge in [0, 0.05) is 17.9 Å². The lowest BCUT2D eigenvalue weighted by Gasteiger charge is -2.10. The quantitative estimate of drug-likeness (QED) is 0.499. The normalized spacial score (nSPS) is 10.3. The van der Waals surface area contributed by atoms with Gasteiger partial charge in [0.05, 0.1) is 5.56 Å². The van der Waals surface area contributed by atoms with Gasteiger partial charge >= 0.3 is 5.97 Å². The van der Waals surface area contributed by atoms with E-state index < -0.39 is 5.97 Å². The maximum Gasteiger partial charge on any atom is 0.337 e. The Morgan fingerprint density at radius 3 is 2.83 bits per heavy atom. The van der Waals surface area contributed by atoms with Gasteiger partial charge in [0.15, 0.2) is 0 Å². The van der Waals surface area contributed by atoms with Gasteiger partial charge in [0.25, 0.3) is 0 Å². The molecule has 0 aliphatic rings. The molecule has 4 nitrogen and oxygen atoms in total. The minimum absolute atomic E-state index is 0.235. The van der Waals surface area contributed by atoms with Crippen molar-refractivity contribution in [3.63, 3.8) is 0 Å². The Hall–Kier alpha value is -1.36. The number of unbranched alkanes of at least 4 members (excludes halogenated alkanes) is 2. The van der Waals surface area contributed by atoms with Crippen molar-refractivity contribution in [1.29, 1.82) is 0 Å². The van der Waals surface area contributed by atoms with Crippen LogP contribution >= 0.6 is 11.8 Å². The molecule has 0 amide bonds. The highest BCUT2D eigenvalue weighted by Crippen LogP contribution is 2.19. The lowest BCUT2D eigenvalue weighted by atomic mass is 10.1. The average molecular weight is 268 g/mol. The molecule has 1 rings (SSSR count). The van der Waals surface area contributed by atoms with Crippen molar-refractivity contribution in [3.8, 4) is 0 Å². The summed E-state index contributed by atoms with van der Waals surface area (Å²) in [5, 5.41) is 12.2. The second kappa shape index (κ2) is 7.87. The van der Waals surface area contributed by atoms with Crippen LogP contribution in [-0.4, -0.2) is 29.6 Å². The summed E-state index contributed by atoms with van der Waals surface area (Å²) in [5.41, 5.74) is 6.93. The fourth-order valence-electron chi connectivity index (χ4n) is 1.66. The third-order valence-corrected chi connectivity index (χ3v) is 3.31. The maximum absolute atomic E-state index is 11.0. The molecular formula is C13H20N2O2S. The second-order valence-electron chi connectivity index (χ2n) is 4.09. The van der Waals surface area contributed by atoms with E-state index in [9.17, 15) is 4.79 Å². The topological polar surface area (TPSA) is 75.3 Å². The standard InChI is InChI=1S/C13H20N2O2S/c1-18-8-4-2-3-7-15-12-6-5-10(14)9-11(12)13(16)17/h5-6,9,15H,2-4,7-8,14H2,1H3,(H,16,17). The molecule has 4 N–H and O–H groups in total. The van der Waals surface area contributed by atoms with Crippen LogP contribution in [0, 0.1) is 0 Å². The summed E-state index contributed by atoms with van der Waals surface area (Å²) < 4.78 is 0. The van der Waals surface area contributed by atoms with Crippen LogP contribution in [0.4, 0.5) is 11.4 Å². The molecule has 0 spiro atoms. The van der Waals surface area contributed by atoms with Crippen LogP contribution < -0.4 is 11.1 Å². The molecule has 0 atom stereocenters. The van der Waals surface area contributed by atoms with Gasteiger partial charge in [-0.3, -0.25) is 0 Å². The third-order valence-electron chi connectivity index (χ3n) is 2.61. The van der Waals surface area contributed by atoms with E-state index in [1.165, 1.54) is 18.2 Å². The van der Waals surface area contributed by atoms with Gasteiger partial charge in [0.2, 0.25) is 0 Å². The lowest BCUT2D eigenvalue weighted by Crippen LogP contribution is -2.08. The predicted octanol–water partition coefficient (Wildman–Crippen LogP) is 2.91. The summed E-state index contributed by atoms with van der Waals surface area (Å²) in [7, 11) is 0. The molecule has 0 aliphatic heterocycles. The number of benzene rings is 1. The minimum Gasteiger partial charge on any atom is -0.478 e. The monoisotopic (exact) mass is 268 g/mol. The van der Waals surface area contributed by atoms with Crippen molar-refractivity contribution in [2.45, 2.75) is 19.3 Å². The number of carboxylic acid groups (broad SMARTS) is 1. The first-order chi connectivity index (χ1) is 8.65. The predicted molar refractivity (Wildman–Crippen MR) is 78.5 cm³/mol. The molecule has 0 heterocycles. The van der Waals surface area contributed by atoms with E-state index in [0.29, 0.717) is 11.4 Å². The zero-order chi connectivity index (χ0) is 13.4. The molecule has 0 saturated heterocycles. The van der Waals surface area contributed by atoms with Gasteiger partial charge in [0.1, 0.15) is 0 Å². The number of hydrogen-bond acceptors (Lipinski definition) is 4. The number of thioether (sulfide) groups is 1. The van der Waals surface area contributed by atoms with E-state index in [1.807, 2.05) is 11.8 Å². The molecule has 18 heavy (non-hydrogen) atoms. The summed E-state index contributed by atoms with van der Waals surface area (Å²) in [6.07, 6.45) is 5.51. The number of nitrogen functional groups attached to an aromatic ring is 1. The van der Waals surface area contributed by atoms with Gasteiger partial charge < -0.3 is 16.2 Å². The number of carbonyl (C=O) groups is 1. The highest BCUT2D eigenvalue weighted by molar-refractivity contribution is 7.98. The Kier molecular flexibility index (Phi) is 6.43. The van der Waals surface area contributed by atoms with E-state index in [-0.39, 0.29) is 5.56 Å². The first-order valence-corrected chi connectivity index (χ1v) is 7.40. The Labute approximate surface area is 112 Å². The largest absolute Gasteiger partial charge is 0.478 e. The van der Waals surface area contributed by atoms with Crippen molar-refractivity contribution >= 4 is 29.1 Å². The van der Waals surface area contributed by atoms with Crippen molar-refractivity contribution < 1.29 is 9.90 Å². The highest BCUT2D eigenvalue weighted by Gasteiger charge is 2.09. The molecular weight excluding hydrogens is 248 g/mol. The van der Waals surface area contributed by atoms with E-state index in [2.05, 4.69) is 11.6 Å². The Bertz CT molecular complexity index is 397. The van der Waals surface area contributed by atoms with Gasteiger partial charge in [-0.05, 0) is 43.0 Å². The number of carboxylic acids is 1. The first-order valence-electron chi connectivity index (χ1n) is 6.00. The molecule has 0 radical (unpaired) electrons. The summed E-state index contributed by atoms with van der Waals surface area (Å²) in [5.74, 6) is 0.231. The molecule has 5 heteroatoms. The van der Waals surface area contributed by atoms with Crippen molar-refractivity contribution in [3.05, 3.63) is 23.8 Å². The van der Waals surface area contributed by atoms with Gasteiger partial charge in [-0.2, -0.15) is 11.8 Å². The van der Waals surface area contributed by atoms with Crippen LogP contribution in [0.15, 0.2) is 18.2 Å². The molecule has 100 valence electrons. The van der Waals surface area contributed by atoms with Crippen LogP contribution in [0.1, 0.15) is 29.6 Å². The summed E-state index contributed by atoms with van der Waals surface area (Å²) in [6.45, 7) is 0.790. The lowest BCUT2D eigenvalue weighted by molar-refractivity contribution is 0.0698. The number of nitrogens with one attached hydrogen (secondary N) is 1. The van der Waals surface area contributed by atoms with Crippen LogP contribution in [0.5, 0.6) is 0 Å². The summed E-state index contributed by atoms with van der Waals surface area (Å²) >= 11 is 1.85. The number of nitrogens with two attached hydrogens (primary N) is 1. The summed E-state index contributed by atoms with van der Waals surface area (Å²) in [4.78, 5) is 11.0. The fraction of sp³-hybridized carbons (Fsp3) is 0.462. The molecule has 0 fully saturated rings. The van der Waals surface area contributed by atoms with Gasteiger partial charge in [-0.1, -0.05) is 6.42 Å². The van der Waals surface area contributed by atoms with Crippen LogP contribution in [0.2, 0.25) is 0 Å². The Morgan fingerprint density at radius 2 is 2.17 bits per heavy atom. The highest BCUT2D eigenvalue weighted by atomic mass is 32.2. The van der Waals surface area contributed by atoms with E-state index in [4.69, 9.17) is 10.8 Å². The number of hydrogen-bond donors (Lipinski definition) is 3. The van der Waals surface area contributed by atoms with Crippen LogP contribution in [-0.2, 0) is 0 Å². The van der Waals surface area contributed by atoms with E-state index in [1.54, 1.807) is 12.1 Å². The third kappa shape index (κ3) is 4.87. The Balaban J connectivity index is 2.44. The van der Waals surface area contributed by atoms with E-state index in [0.717, 1.165) is 19.4 Å². The van der Waals surface area contributed by atoms with Crippen LogP contribution in [0.3, 0.4) is 0 Å². The number of aromatic carboxylic acids is 1. The van der Waals surface area contributed by atoms with Crippen molar-refractivity contribution in [1.82, 2.24) is 0 Å². The van der Waals surface area contributed by atoms with Gasteiger partial charge in [-0.25, -0.2) is 4.79 Å². The Morgan fingerprint density at radius 1 is 1.39 bits per heavy atom. The SMILES string of the molecule is CSCCCCCNc1ccc(N)cc1C(=O)O.